The molecule has 0 aliphatic heterocycles. The molecule has 0 radical (unpaired) electrons. The third-order valence-corrected chi connectivity index (χ3v) is 3.49. The summed E-state index contributed by atoms with van der Waals surface area (Å²) in [5.41, 5.74) is -0.595. The first-order valence-electron chi connectivity index (χ1n) is 5.75. The number of hydrogen-bond donors (Lipinski definition) is 3. The van der Waals surface area contributed by atoms with Gasteiger partial charge < -0.3 is 15.5 Å². The summed E-state index contributed by atoms with van der Waals surface area (Å²) < 4.78 is 0. The third kappa shape index (κ3) is 2.94. The largest absolute Gasteiger partial charge is 0.392 e. The Morgan fingerprint density at radius 3 is 2.36 bits per heavy atom. The summed E-state index contributed by atoms with van der Waals surface area (Å²) in [6.07, 6.45) is 4.33. The van der Waals surface area contributed by atoms with E-state index in [0.29, 0.717) is 6.54 Å². The van der Waals surface area contributed by atoms with Crippen LogP contribution in [0.5, 0.6) is 0 Å². The van der Waals surface area contributed by atoms with Crippen molar-refractivity contribution in [2.45, 2.75) is 63.7 Å². The zero-order valence-corrected chi connectivity index (χ0v) is 9.29. The summed E-state index contributed by atoms with van der Waals surface area (Å²) in [4.78, 5) is 0. The first-order chi connectivity index (χ1) is 6.61. The predicted octanol–water partition coefficient (Wildman–Crippen LogP) is 1.04. The molecule has 1 rings (SSSR count). The molecule has 0 bridgehead atoms. The number of aliphatic hydroxyl groups excluding tert-OH is 1. The van der Waals surface area contributed by atoms with Crippen molar-refractivity contribution in [1.82, 2.24) is 5.32 Å². The lowest BCUT2D eigenvalue weighted by Crippen LogP contribution is -2.46. The molecule has 0 aromatic heterocycles. The molecule has 0 heterocycles. The Labute approximate surface area is 86.5 Å². The van der Waals surface area contributed by atoms with Crippen LogP contribution in [0.1, 0.15) is 46.0 Å². The minimum atomic E-state index is -0.595. The number of rotatable bonds is 5. The molecule has 0 aromatic carbocycles. The van der Waals surface area contributed by atoms with E-state index < -0.39 is 5.60 Å². The van der Waals surface area contributed by atoms with Gasteiger partial charge in [0.2, 0.25) is 0 Å². The maximum atomic E-state index is 10.0. The van der Waals surface area contributed by atoms with Gasteiger partial charge in [0.05, 0.1) is 11.7 Å². The van der Waals surface area contributed by atoms with Crippen molar-refractivity contribution in [3.05, 3.63) is 0 Å². The summed E-state index contributed by atoms with van der Waals surface area (Å²) in [5.74, 6) is 0. The quantitative estimate of drug-likeness (QED) is 0.623. The highest BCUT2D eigenvalue weighted by Crippen LogP contribution is 2.20. The van der Waals surface area contributed by atoms with Gasteiger partial charge in [-0.15, -0.1) is 0 Å². The van der Waals surface area contributed by atoms with Crippen molar-refractivity contribution >= 4 is 0 Å². The highest BCUT2D eigenvalue weighted by molar-refractivity contribution is 4.86. The lowest BCUT2D eigenvalue weighted by molar-refractivity contribution is 0.0247. The summed E-state index contributed by atoms with van der Waals surface area (Å²) in [5, 5.41) is 22.9. The zero-order chi connectivity index (χ0) is 10.6. The fraction of sp³-hybridized carbons (Fsp3) is 1.00. The monoisotopic (exact) mass is 201 g/mol. The van der Waals surface area contributed by atoms with Gasteiger partial charge in [-0.2, -0.15) is 0 Å². The first-order valence-corrected chi connectivity index (χ1v) is 5.75. The predicted molar refractivity (Wildman–Crippen MR) is 57.2 cm³/mol. The van der Waals surface area contributed by atoms with Crippen molar-refractivity contribution in [1.29, 1.82) is 0 Å². The van der Waals surface area contributed by atoms with Crippen LogP contribution in [-0.4, -0.2) is 34.5 Å². The Morgan fingerprint density at radius 1 is 1.29 bits per heavy atom. The molecule has 1 aliphatic carbocycles. The molecule has 0 amide bonds. The van der Waals surface area contributed by atoms with E-state index in [1.165, 1.54) is 0 Å². The molecule has 0 saturated heterocycles. The van der Waals surface area contributed by atoms with Crippen molar-refractivity contribution in [2.75, 3.05) is 6.54 Å². The molecule has 84 valence electrons. The molecule has 1 fully saturated rings. The Kier molecular flexibility index (Phi) is 4.35. The maximum absolute atomic E-state index is 10.0. The lowest BCUT2D eigenvalue weighted by atomic mass is 9.97. The van der Waals surface area contributed by atoms with Crippen LogP contribution in [0.25, 0.3) is 0 Å². The summed E-state index contributed by atoms with van der Waals surface area (Å²) >= 11 is 0. The Balaban J connectivity index is 2.31. The molecular weight excluding hydrogens is 178 g/mol. The summed E-state index contributed by atoms with van der Waals surface area (Å²) in [6, 6.07) is 0.194. The van der Waals surface area contributed by atoms with Crippen LogP contribution in [0.4, 0.5) is 0 Å². The second-order valence-electron chi connectivity index (χ2n) is 4.42. The second-order valence-corrected chi connectivity index (χ2v) is 4.42. The molecule has 1 saturated carbocycles. The Bertz CT molecular complexity index is 169. The smallest absolute Gasteiger partial charge is 0.0766 e. The van der Waals surface area contributed by atoms with Crippen LogP contribution in [-0.2, 0) is 0 Å². The van der Waals surface area contributed by atoms with Gasteiger partial charge in [-0.25, -0.2) is 0 Å². The topological polar surface area (TPSA) is 52.5 Å². The van der Waals surface area contributed by atoms with Crippen LogP contribution >= 0.6 is 0 Å². The van der Waals surface area contributed by atoms with Crippen LogP contribution in [0.15, 0.2) is 0 Å². The van der Waals surface area contributed by atoms with Crippen molar-refractivity contribution in [3.63, 3.8) is 0 Å². The maximum Gasteiger partial charge on any atom is 0.0766 e. The molecular formula is C11H23NO2. The highest BCUT2D eigenvalue weighted by atomic mass is 16.3. The SMILES string of the molecule is CCC(O)(CC)CNC1CCCC1O. The fourth-order valence-corrected chi connectivity index (χ4v) is 2.00. The normalized spacial score (nSPS) is 28.3. The van der Waals surface area contributed by atoms with Gasteiger partial charge in [0.25, 0.3) is 0 Å². The summed E-state index contributed by atoms with van der Waals surface area (Å²) in [7, 11) is 0. The number of nitrogens with one attached hydrogen (secondary N) is 1. The fourth-order valence-electron chi connectivity index (χ4n) is 2.00. The molecule has 3 heteroatoms. The third-order valence-electron chi connectivity index (χ3n) is 3.49. The van der Waals surface area contributed by atoms with E-state index in [-0.39, 0.29) is 12.1 Å². The van der Waals surface area contributed by atoms with E-state index in [1.54, 1.807) is 0 Å². The van der Waals surface area contributed by atoms with Gasteiger partial charge in [-0.1, -0.05) is 13.8 Å². The van der Waals surface area contributed by atoms with E-state index in [1.807, 2.05) is 13.8 Å². The van der Waals surface area contributed by atoms with E-state index in [0.717, 1.165) is 32.1 Å². The van der Waals surface area contributed by atoms with E-state index >= 15 is 0 Å². The molecule has 0 spiro atoms. The van der Waals surface area contributed by atoms with Crippen molar-refractivity contribution in [3.8, 4) is 0 Å². The first kappa shape index (κ1) is 12.0. The Hall–Kier alpha value is -0.120. The van der Waals surface area contributed by atoms with E-state index in [4.69, 9.17) is 0 Å². The average molecular weight is 201 g/mol. The van der Waals surface area contributed by atoms with Crippen LogP contribution in [0.3, 0.4) is 0 Å². The molecule has 2 atom stereocenters. The highest BCUT2D eigenvalue weighted by Gasteiger charge is 2.28. The van der Waals surface area contributed by atoms with Gasteiger partial charge in [0.15, 0.2) is 0 Å². The number of hydrogen-bond acceptors (Lipinski definition) is 3. The molecule has 2 unspecified atom stereocenters. The van der Waals surface area contributed by atoms with Gasteiger partial charge >= 0.3 is 0 Å². The van der Waals surface area contributed by atoms with Gasteiger partial charge in [-0.05, 0) is 32.1 Å². The summed E-state index contributed by atoms with van der Waals surface area (Å²) in [6.45, 7) is 4.59. The van der Waals surface area contributed by atoms with Crippen molar-refractivity contribution in [2.24, 2.45) is 0 Å². The minimum absolute atomic E-state index is 0.194. The number of aliphatic hydroxyl groups is 2. The second kappa shape index (κ2) is 5.10. The van der Waals surface area contributed by atoms with Crippen LogP contribution < -0.4 is 5.32 Å². The molecule has 3 nitrogen and oxygen atoms in total. The van der Waals surface area contributed by atoms with E-state index in [2.05, 4.69) is 5.32 Å². The van der Waals surface area contributed by atoms with Crippen LogP contribution in [0, 0.1) is 0 Å². The van der Waals surface area contributed by atoms with E-state index in [9.17, 15) is 10.2 Å². The average Bonchev–Trinajstić information content (AvgIpc) is 2.61. The molecule has 3 N–H and O–H groups in total. The van der Waals surface area contributed by atoms with Crippen molar-refractivity contribution < 1.29 is 10.2 Å². The molecule has 0 aromatic rings. The standard InChI is InChI=1S/C11H23NO2/c1-3-11(14,4-2)8-12-9-6-5-7-10(9)13/h9-10,12-14H,3-8H2,1-2H3. The zero-order valence-electron chi connectivity index (χ0n) is 9.29. The van der Waals surface area contributed by atoms with Gasteiger partial charge in [0.1, 0.15) is 0 Å². The van der Waals surface area contributed by atoms with Crippen LogP contribution in [0.2, 0.25) is 0 Å². The van der Waals surface area contributed by atoms with Gasteiger partial charge in [-0.3, -0.25) is 0 Å². The molecule has 14 heavy (non-hydrogen) atoms. The van der Waals surface area contributed by atoms with Gasteiger partial charge in [0, 0.05) is 12.6 Å². The lowest BCUT2D eigenvalue weighted by Gasteiger charge is -2.28. The minimum Gasteiger partial charge on any atom is -0.392 e. The molecule has 1 aliphatic rings. The Morgan fingerprint density at radius 2 is 1.93 bits per heavy atom.